The first-order valence-electron chi connectivity index (χ1n) is 10.4. The molecular weight excluding hydrogens is 362 g/mol. The van der Waals surface area contributed by atoms with Gasteiger partial charge in [-0.1, -0.05) is 30.4 Å². The lowest BCUT2D eigenvalue weighted by molar-refractivity contribution is -0.124. The number of allylic oxidation sites excluding steroid dienone is 2. The van der Waals surface area contributed by atoms with Gasteiger partial charge in [0.1, 0.15) is 11.3 Å². The van der Waals surface area contributed by atoms with Crippen LogP contribution in [-0.4, -0.2) is 11.8 Å². The van der Waals surface area contributed by atoms with Crippen molar-refractivity contribution in [1.82, 2.24) is 0 Å². The highest BCUT2D eigenvalue weighted by Gasteiger charge is 2.67. The Balaban J connectivity index is 1.23. The third-order valence-corrected chi connectivity index (χ3v) is 7.50. The number of benzene rings is 2. The maximum atomic E-state index is 13.2. The number of para-hydroxylation sites is 1. The van der Waals surface area contributed by atoms with Crippen LogP contribution in [0.25, 0.3) is 22.3 Å². The normalized spacial score (nSPS) is 34.0. The summed E-state index contributed by atoms with van der Waals surface area (Å²) in [4.78, 5) is 27.9. The SMILES string of the molecule is O=C1[C@@H]2[C@@H]3C=C[C@H]([C@@H]4C[C@H]34)[C@@H]2C(=O)N1c1ccc(-c2cc3ccccc3o2)cc1. The summed E-state index contributed by atoms with van der Waals surface area (Å²) in [6.07, 6.45) is 5.60. The number of carbonyl (C=O) groups is 2. The Hall–Kier alpha value is -3.14. The van der Waals surface area contributed by atoms with E-state index in [9.17, 15) is 9.59 Å². The van der Waals surface area contributed by atoms with E-state index in [1.165, 1.54) is 11.3 Å². The fourth-order valence-corrected chi connectivity index (χ4v) is 6.11. The molecule has 3 aromatic rings. The van der Waals surface area contributed by atoms with Crippen LogP contribution in [0.3, 0.4) is 0 Å². The summed E-state index contributed by atoms with van der Waals surface area (Å²) in [5.74, 6) is 2.21. The number of hydrogen-bond donors (Lipinski definition) is 0. The van der Waals surface area contributed by atoms with E-state index in [0.29, 0.717) is 17.5 Å². The van der Waals surface area contributed by atoms with Crippen LogP contribution in [0.2, 0.25) is 0 Å². The number of furan rings is 1. The van der Waals surface area contributed by atoms with Gasteiger partial charge in [0.25, 0.3) is 0 Å². The average Bonchev–Trinajstić information content (AvgIpc) is 3.40. The largest absolute Gasteiger partial charge is 0.456 e. The van der Waals surface area contributed by atoms with Gasteiger partial charge in [-0.3, -0.25) is 14.5 Å². The molecule has 4 heteroatoms. The zero-order valence-corrected chi connectivity index (χ0v) is 15.7. The van der Waals surface area contributed by atoms with Crippen molar-refractivity contribution in [3.63, 3.8) is 0 Å². The molecule has 0 spiro atoms. The van der Waals surface area contributed by atoms with Gasteiger partial charge in [-0.2, -0.15) is 0 Å². The van der Waals surface area contributed by atoms with Gasteiger partial charge in [0.05, 0.1) is 17.5 Å². The Kier molecular flexibility index (Phi) is 2.86. The second-order valence-electron chi connectivity index (χ2n) is 8.86. The predicted molar refractivity (Wildman–Crippen MR) is 109 cm³/mol. The summed E-state index contributed by atoms with van der Waals surface area (Å²) in [6.45, 7) is 0. The zero-order valence-electron chi connectivity index (χ0n) is 15.7. The molecule has 2 bridgehead atoms. The van der Waals surface area contributed by atoms with Crippen molar-refractivity contribution in [2.75, 3.05) is 4.90 Å². The van der Waals surface area contributed by atoms with E-state index in [1.807, 2.05) is 54.6 Å². The van der Waals surface area contributed by atoms with Crippen molar-refractivity contribution in [3.8, 4) is 11.3 Å². The summed E-state index contributed by atoms with van der Waals surface area (Å²) in [6, 6.07) is 17.5. The molecule has 2 saturated carbocycles. The van der Waals surface area contributed by atoms with Crippen molar-refractivity contribution in [2.45, 2.75) is 6.42 Å². The Bertz CT molecular complexity index is 1150. The van der Waals surface area contributed by atoms with Crippen LogP contribution < -0.4 is 4.90 Å². The molecule has 2 heterocycles. The quantitative estimate of drug-likeness (QED) is 0.479. The fourth-order valence-electron chi connectivity index (χ4n) is 6.11. The first-order chi connectivity index (χ1) is 14.2. The molecule has 2 aromatic carbocycles. The number of fused-ring (bicyclic) bond motifs is 1. The lowest BCUT2D eigenvalue weighted by atomic mass is 9.63. The van der Waals surface area contributed by atoms with Gasteiger partial charge >= 0.3 is 0 Å². The summed E-state index contributed by atoms with van der Waals surface area (Å²) in [7, 11) is 0. The fraction of sp³-hybridized carbons (Fsp3) is 0.280. The smallest absolute Gasteiger partial charge is 0.238 e. The van der Waals surface area contributed by atoms with Crippen LogP contribution >= 0.6 is 0 Å². The Morgan fingerprint density at radius 2 is 1.48 bits per heavy atom. The lowest BCUT2D eigenvalue weighted by Gasteiger charge is -2.37. The molecule has 0 unspecified atom stereocenters. The number of imide groups is 1. The molecule has 0 radical (unpaired) electrons. The van der Waals surface area contributed by atoms with Gasteiger partial charge in [0, 0.05) is 10.9 Å². The Morgan fingerprint density at radius 3 is 2.14 bits per heavy atom. The van der Waals surface area contributed by atoms with Crippen LogP contribution in [0.1, 0.15) is 6.42 Å². The molecule has 0 N–H and O–H groups in total. The first kappa shape index (κ1) is 15.7. The molecule has 5 aliphatic rings. The molecule has 142 valence electrons. The van der Waals surface area contributed by atoms with E-state index in [4.69, 9.17) is 4.42 Å². The molecule has 3 fully saturated rings. The molecular formula is C25H19NO3. The molecule has 8 rings (SSSR count). The van der Waals surface area contributed by atoms with Crippen molar-refractivity contribution in [3.05, 3.63) is 66.7 Å². The van der Waals surface area contributed by atoms with Crippen molar-refractivity contribution in [1.29, 1.82) is 0 Å². The number of nitrogens with zero attached hydrogens (tertiary/aromatic N) is 1. The molecule has 4 nitrogen and oxygen atoms in total. The van der Waals surface area contributed by atoms with E-state index >= 15 is 0 Å². The zero-order chi connectivity index (χ0) is 19.3. The van der Waals surface area contributed by atoms with Crippen LogP contribution in [0.5, 0.6) is 0 Å². The van der Waals surface area contributed by atoms with Crippen molar-refractivity contribution < 1.29 is 14.0 Å². The predicted octanol–water partition coefficient (Wildman–Crippen LogP) is 4.66. The van der Waals surface area contributed by atoms with Crippen molar-refractivity contribution in [2.24, 2.45) is 35.5 Å². The third kappa shape index (κ3) is 1.99. The Labute approximate surface area is 167 Å². The minimum atomic E-state index is -0.156. The van der Waals surface area contributed by atoms with Crippen LogP contribution in [0.4, 0.5) is 5.69 Å². The monoisotopic (exact) mass is 381 g/mol. The molecule has 6 atom stereocenters. The first-order valence-corrected chi connectivity index (χ1v) is 10.4. The second-order valence-corrected chi connectivity index (χ2v) is 8.86. The molecule has 29 heavy (non-hydrogen) atoms. The third-order valence-electron chi connectivity index (χ3n) is 7.50. The highest BCUT2D eigenvalue weighted by atomic mass is 16.3. The second kappa shape index (κ2) is 5.26. The maximum Gasteiger partial charge on any atom is 0.238 e. The minimum Gasteiger partial charge on any atom is -0.456 e. The van der Waals surface area contributed by atoms with E-state index in [1.54, 1.807) is 0 Å². The summed E-state index contributed by atoms with van der Waals surface area (Å²) in [5, 5.41) is 1.06. The topological polar surface area (TPSA) is 50.5 Å². The molecule has 1 saturated heterocycles. The summed E-state index contributed by atoms with van der Waals surface area (Å²) < 4.78 is 5.94. The number of anilines is 1. The van der Waals surface area contributed by atoms with E-state index < -0.39 is 0 Å². The van der Waals surface area contributed by atoms with Gasteiger partial charge in [0.15, 0.2) is 0 Å². The van der Waals surface area contributed by atoms with Gasteiger partial charge in [-0.15, -0.1) is 0 Å². The summed E-state index contributed by atoms with van der Waals surface area (Å²) in [5.41, 5.74) is 2.45. The van der Waals surface area contributed by atoms with Gasteiger partial charge in [-0.05, 0) is 66.5 Å². The highest BCUT2D eigenvalue weighted by molar-refractivity contribution is 6.22. The molecule has 1 aromatic heterocycles. The maximum absolute atomic E-state index is 13.2. The molecule has 2 amide bonds. The summed E-state index contributed by atoms with van der Waals surface area (Å²) >= 11 is 0. The average molecular weight is 381 g/mol. The lowest BCUT2D eigenvalue weighted by Crippen LogP contribution is -2.40. The van der Waals surface area contributed by atoms with Crippen LogP contribution in [0.15, 0.2) is 71.2 Å². The molecule has 1 aliphatic heterocycles. The van der Waals surface area contributed by atoms with E-state index in [2.05, 4.69) is 12.2 Å². The van der Waals surface area contributed by atoms with Gasteiger partial charge in [0.2, 0.25) is 11.8 Å². The standard InChI is InChI=1S/C25H19NO3/c27-24-22-16-9-10-17(19-12-18(16)19)23(22)25(28)26(24)15-7-5-13(6-8-15)21-11-14-3-1-2-4-20(14)29-21/h1-11,16-19,22-23H,12H2/t16-,17-,18-,19+,22-,23+/m1/s1. The van der Waals surface area contributed by atoms with Crippen LogP contribution in [0, 0.1) is 35.5 Å². The van der Waals surface area contributed by atoms with E-state index in [0.717, 1.165) is 22.3 Å². The number of carbonyl (C=O) groups excluding carboxylic acids is 2. The number of hydrogen-bond acceptors (Lipinski definition) is 3. The van der Waals surface area contributed by atoms with Crippen LogP contribution in [-0.2, 0) is 9.59 Å². The number of rotatable bonds is 2. The minimum absolute atomic E-state index is 0.0128. The highest BCUT2D eigenvalue weighted by Crippen LogP contribution is 2.65. The van der Waals surface area contributed by atoms with E-state index in [-0.39, 0.29) is 35.5 Å². The Morgan fingerprint density at radius 1 is 0.828 bits per heavy atom. The van der Waals surface area contributed by atoms with Crippen molar-refractivity contribution >= 4 is 28.5 Å². The van der Waals surface area contributed by atoms with Gasteiger partial charge < -0.3 is 4.42 Å². The molecule has 4 aliphatic carbocycles. The number of amides is 2. The van der Waals surface area contributed by atoms with Gasteiger partial charge in [-0.25, -0.2) is 0 Å².